The molecule has 0 saturated heterocycles. The van der Waals surface area contributed by atoms with Crippen LogP contribution in [0.5, 0.6) is 0 Å². The van der Waals surface area contributed by atoms with E-state index in [4.69, 9.17) is 4.42 Å². The third-order valence-corrected chi connectivity index (χ3v) is 3.27. The van der Waals surface area contributed by atoms with Crippen LogP contribution in [0.3, 0.4) is 0 Å². The van der Waals surface area contributed by atoms with Crippen molar-refractivity contribution in [2.75, 3.05) is 6.54 Å². The molecule has 0 spiro atoms. The standard InChI is InChI=1S/C14H14F3N3O/c15-8-6-10(16)13(11(17)7-8)14-20-19-12(21-14)2-1-5-18-9-3-4-9/h6-7,9,18H,1-5H2. The smallest absolute Gasteiger partial charge is 0.253 e. The van der Waals surface area contributed by atoms with E-state index in [9.17, 15) is 13.2 Å². The Bertz CT molecular complexity index is 617. The summed E-state index contributed by atoms with van der Waals surface area (Å²) in [6.07, 6.45) is 3.76. The van der Waals surface area contributed by atoms with E-state index in [0.717, 1.165) is 13.0 Å². The fourth-order valence-electron chi connectivity index (χ4n) is 2.04. The lowest BCUT2D eigenvalue weighted by atomic mass is 10.2. The number of benzene rings is 1. The number of aromatic nitrogens is 2. The van der Waals surface area contributed by atoms with Crippen LogP contribution in [0.1, 0.15) is 25.2 Å². The topological polar surface area (TPSA) is 51.0 Å². The van der Waals surface area contributed by atoms with Gasteiger partial charge in [0.15, 0.2) is 0 Å². The van der Waals surface area contributed by atoms with Crippen molar-refractivity contribution >= 4 is 0 Å². The molecule has 1 heterocycles. The van der Waals surface area contributed by atoms with Gasteiger partial charge in [0.1, 0.15) is 23.0 Å². The maximum Gasteiger partial charge on any atom is 0.253 e. The molecule has 1 aromatic carbocycles. The van der Waals surface area contributed by atoms with E-state index < -0.39 is 23.0 Å². The number of halogens is 3. The summed E-state index contributed by atoms with van der Waals surface area (Å²) >= 11 is 0. The lowest BCUT2D eigenvalue weighted by Gasteiger charge is -2.00. The van der Waals surface area contributed by atoms with Crippen molar-refractivity contribution in [1.29, 1.82) is 0 Å². The van der Waals surface area contributed by atoms with Crippen molar-refractivity contribution in [3.63, 3.8) is 0 Å². The van der Waals surface area contributed by atoms with Crippen LogP contribution in [0.15, 0.2) is 16.5 Å². The minimum Gasteiger partial charge on any atom is -0.420 e. The van der Waals surface area contributed by atoms with E-state index in [1.807, 2.05) is 0 Å². The fraction of sp³-hybridized carbons (Fsp3) is 0.429. The summed E-state index contributed by atoms with van der Waals surface area (Å²) in [4.78, 5) is 0. The Morgan fingerprint density at radius 2 is 1.86 bits per heavy atom. The van der Waals surface area contributed by atoms with Gasteiger partial charge in [-0.15, -0.1) is 10.2 Å². The van der Waals surface area contributed by atoms with Crippen molar-refractivity contribution in [2.45, 2.75) is 31.7 Å². The highest BCUT2D eigenvalue weighted by molar-refractivity contribution is 5.54. The Morgan fingerprint density at radius 3 is 2.52 bits per heavy atom. The number of hydrogen-bond donors (Lipinski definition) is 1. The summed E-state index contributed by atoms with van der Waals surface area (Å²) in [6, 6.07) is 1.80. The van der Waals surface area contributed by atoms with Crippen LogP contribution in [0, 0.1) is 17.5 Å². The molecule has 0 aliphatic heterocycles. The zero-order valence-corrected chi connectivity index (χ0v) is 11.2. The normalized spacial score (nSPS) is 14.6. The Hall–Kier alpha value is -1.89. The first-order valence-corrected chi connectivity index (χ1v) is 6.84. The lowest BCUT2D eigenvalue weighted by molar-refractivity contribution is 0.480. The monoisotopic (exact) mass is 297 g/mol. The highest BCUT2D eigenvalue weighted by atomic mass is 19.1. The predicted octanol–water partition coefficient (Wildman–Crippen LogP) is 2.84. The highest BCUT2D eigenvalue weighted by Crippen LogP contribution is 2.26. The Morgan fingerprint density at radius 1 is 1.14 bits per heavy atom. The first-order chi connectivity index (χ1) is 10.1. The third kappa shape index (κ3) is 3.41. The second-order valence-electron chi connectivity index (χ2n) is 5.08. The Labute approximate surface area is 119 Å². The molecule has 1 saturated carbocycles. The van der Waals surface area contributed by atoms with Crippen molar-refractivity contribution in [1.82, 2.24) is 15.5 Å². The Kier molecular flexibility index (Phi) is 3.92. The molecule has 1 N–H and O–H groups in total. The molecule has 0 amide bonds. The van der Waals surface area contributed by atoms with Gasteiger partial charge in [-0.1, -0.05) is 0 Å². The van der Waals surface area contributed by atoms with Gasteiger partial charge >= 0.3 is 0 Å². The van der Waals surface area contributed by atoms with Crippen LogP contribution < -0.4 is 5.32 Å². The zero-order chi connectivity index (χ0) is 14.8. The second kappa shape index (κ2) is 5.85. The quantitative estimate of drug-likeness (QED) is 0.833. The molecule has 0 bridgehead atoms. The number of nitrogens with one attached hydrogen (secondary N) is 1. The molecule has 0 unspecified atom stereocenters. The van der Waals surface area contributed by atoms with Crippen molar-refractivity contribution < 1.29 is 17.6 Å². The van der Waals surface area contributed by atoms with Crippen LogP contribution in [0.4, 0.5) is 13.2 Å². The van der Waals surface area contributed by atoms with Gasteiger partial charge in [0.2, 0.25) is 5.89 Å². The summed E-state index contributed by atoms with van der Waals surface area (Å²) in [6.45, 7) is 0.835. The van der Waals surface area contributed by atoms with Gasteiger partial charge in [0.05, 0.1) is 0 Å². The van der Waals surface area contributed by atoms with E-state index in [0.29, 0.717) is 30.5 Å². The zero-order valence-electron chi connectivity index (χ0n) is 11.2. The molecule has 1 aliphatic carbocycles. The average Bonchev–Trinajstić information content (AvgIpc) is 3.13. The molecule has 21 heavy (non-hydrogen) atoms. The van der Waals surface area contributed by atoms with Gasteiger partial charge in [-0.25, -0.2) is 13.2 Å². The van der Waals surface area contributed by atoms with Crippen LogP contribution in [-0.2, 0) is 6.42 Å². The van der Waals surface area contributed by atoms with Gasteiger partial charge in [0, 0.05) is 24.6 Å². The van der Waals surface area contributed by atoms with E-state index in [1.165, 1.54) is 12.8 Å². The first-order valence-electron chi connectivity index (χ1n) is 6.84. The number of hydrogen-bond acceptors (Lipinski definition) is 4. The summed E-state index contributed by atoms with van der Waals surface area (Å²) in [5, 5.41) is 10.7. The predicted molar refractivity (Wildman–Crippen MR) is 69.0 cm³/mol. The second-order valence-corrected chi connectivity index (χ2v) is 5.08. The van der Waals surface area contributed by atoms with Gasteiger partial charge < -0.3 is 9.73 Å². The molecule has 4 nitrogen and oxygen atoms in total. The van der Waals surface area contributed by atoms with E-state index in [-0.39, 0.29) is 5.89 Å². The molecular formula is C14H14F3N3O. The van der Waals surface area contributed by atoms with Gasteiger partial charge in [-0.2, -0.15) is 0 Å². The average molecular weight is 297 g/mol. The molecule has 1 aliphatic rings. The van der Waals surface area contributed by atoms with Crippen LogP contribution >= 0.6 is 0 Å². The van der Waals surface area contributed by atoms with Crippen LogP contribution in [0.2, 0.25) is 0 Å². The van der Waals surface area contributed by atoms with E-state index >= 15 is 0 Å². The maximum atomic E-state index is 13.6. The molecule has 112 valence electrons. The molecule has 3 rings (SSSR count). The van der Waals surface area contributed by atoms with E-state index in [2.05, 4.69) is 15.5 Å². The number of nitrogens with zero attached hydrogens (tertiary/aromatic N) is 2. The first kappa shape index (κ1) is 14.1. The molecule has 1 fully saturated rings. The Balaban J connectivity index is 1.66. The lowest BCUT2D eigenvalue weighted by Crippen LogP contribution is -2.17. The summed E-state index contributed by atoms with van der Waals surface area (Å²) in [5.74, 6) is -3.06. The van der Waals surface area contributed by atoms with E-state index in [1.54, 1.807) is 0 Å². The molecule has 2 aromatic rings. The largest absolute Gasteiger partial charge is 0.420 e. The summed E-state index contributed by atoms with van der Waals surface area (Å²) in [5.41, 5.74) is -0.494. The van der Waals surface area contributed by atoms with Crippen LogP contribution in [0.25, 0.3) is 11.5 Å². The molecule has 0 radical (unpaired) electrons. The van der Waals surface area contributed by atoms with Gasteiger partial charge in [-0.3, -0.25) is 0 Å². The molecule has 7 heteroatoms. The van der Waals surface area contributed by atoms with Crippen molar-refractivity contribution in [3.05, 3.63) is 35.5 Å². The molecular weight excluding hydrogens is 283 g/mol. The number of rotatable bonds is 6. The van der Waals surface area contributed by atoms with Crippen molar-refractivity contribution in [3.8, 4) is 11.5 Å². The van der Waals surface area contributed by atoms with Crippen molar-refractivity contribution in [2.24, 2.45) is 0 Å². The fourth-order valence-corrected chi connectivity index (χ4v) is 2.04. The third-order valence-electron chi connectivity index (χ3n) is 3.27. The molecule has 1 aromatic heterocycles. The summed E-state index contributed by atoms with van der Waals surface area (Å²) in [7, 11) is 0. The highest BCUT2D eigenvalue weighted by Gasteiger charge is 2.21. The maximum absolute atomic E-state index is 13.6. The minimum atomic E-state index is -1.06. The van der Waals surface area contributed by atoms with Gasteiger partial charge in [-0.05, 0) is 25.8 Å². The van der Waals surface area contributed by atoms with Crippen LogP contribution in [-0.4, -0.2) is 22.8 Å². The summed E-state index contributed by atoms with van der Waals surface area (Å²) < 4.78 is 45.3. The number of aryl methyl sites for hydroxylation is 1. The SMILES string of the molecule is Fc1cc(F)c(-c2nnc(CCCNC3CC3)o2)c(F)c1. The minimum absolute atomic E-state index is 0.268. The van der Waals surface area contributed by atoms with Gasteiger partial charge in [0.25, 0.3) is 5.89 Å². The molecule has 0 atom stereocenters.